The number of hydrogen-bond acceptors (Lipinski definition) is 3. The number of carbonyl (C=O) groups is 1. The molecule has 19 heavy (non-hydrogen) atoms. The number of carbonyl (C=O) groups excluding carboxylic acids is 1. The SMILES string of the molecule is COC(=O)c1scc(C)c1-c1ccc(F)c(F)c1F. The molecule has 0 atom stereocenters. The van der Waals surface area contributed by atoms with E-state index in [9.17, 15) is 18.0 Å². The first kappa shape index (κ1) is 13.6. The number of ether oxygens (including phenoxy) is 1. The monoisotopic (exact) mass is 286 g/mol. The molecule has 0 fully saturated rings. The highest BCUT2D eigenvalue weighted by molar-refractivity contribution is 7.12. The molecule has 0 bridgehead atoms. The molecule has 0 spiro atoms. The van der Waals surface area contributed by atoms with Crippen molar-refractivity contribution in [3.63, 3.8) is 0 Å². The molecule has 0 aliphatic heterocycles. The average molecular weight is 286 g/mol. The number of rotatable bonds is 2. The van der Waals surface area contributed by atoms with Crippen LogP contribution in [-0.2, 0) is 4.74 Å². The predicted octanol–water partition coefficient (Wildman–Crippen LogP) is 3.93. The normalized spacial score (nSPS) is 10.6. The second kappa shape index (κ2) is 5.05. The molecule has 6 heteroatoms. The van der Waals surface area contributed by atoms with E-state index in [0.717, 1.165) is 23.5 Å². The maximum Gasteiger partial charge on any atom is 0.348 e. The summed E-state index contributed by atoms with van der Waals surface area (Å²) in [5, 5.41) is 1.63. The first-order valence-corrected chi connectivity index (χ1v) is 6.15. The van der Waals surface area contributed by atoms with Gasteiger partial charge in [0.25, 0.3) is 0 Å². The van der Waals surface area contributed by atoms with Crippen LogP contribution < -0.4 is 0 Å². The van der Waals surface area contributed by atoms with Gasteiger partial charge in [0.2, 0.25) is 0 Å². The molecular formula is C13H9F3O2S. The third kappa shape index (κ3) is 2.23. The molecule has 0 unspecified atom stereocenters. The molecular weight excluding hydrogens is 277 g/mol. The smallest absolute Gasteiger partial charge is 0.348 e. The third-order valence-corrected chi connectivity index (χ3v) is 3.73. The van der Waals surface area contributed by atoms with Crippen molar-refractivity contribution < 1.29 is 22.7 Å². The number of halogens is 3. The van der Waals surface area contributed by atoms with Gasteiger partial charge < -0.3 is 4.74 Å². The first-order chi connectivity index (χ1) is 8.97. The van der Waals surface area contributed by atoms with E-state index in [4.69, 9.17) is 0 Å². The van der Waals surface area contributed by atoms with Crippen molar-refractivity contribution in [1.82, 2.24) is 0 Å². The van der Waals surface area contributed by atoms with E-state index in [1.165, 1.54) is 7.11 Å². The highest BCUT2D eigenvalue weighted by Gasteiger charge is 2.23. The zero-order valence-electron chi connectivity index (χ0n) is 10.1. The van der Waals surface area contributed by atoms with E-state index in [1.54, 1.807) is 12.3 Å². The molecule has 0 saturated heterocycles. The van der Waals surface area contributed by atoms with Crippen LogP contribution in [0, 0.1) is 24.4 Å². The molecule has 1 aromatic carbocycles. The molecule has 2 aromatic rings. The minimum atomic E-state index is -1.56. The zero-order chi connectivity index (χ0) is 14.2. The van der Waals surface area contributed by atoms with Gasteiger partial charge in [-0.25, -0.2) is 18.0 Å². The fourth-order valence-electron chi connectivity index (χ4n) is 1.74. The van der Waals surface area contributed by atoms with Crippen molar-refractivity contribution in [2.24, 2.45) is 0 Å². The molecule has 2 rings (SSSR count). The Hall–Kier alpha value is -1.82. The summed E-state index contributed by atoms with van der Waals surface area (Å²) in [5.41, 5.74) is 0.668. The van der Waals surface area contributed by atoms with Crippen LogP contribution in [0.4, 0.5) is 13.2 Å². The average Bonchev–Trinajstić information content (AvgIpc) is 2.77. The summed E-state index contributed by atoms with van der Waals surface area (Å²) in [5.74, 6) is -4.78. The lowest BCUT2D eigenvalue weighted by Crippen LogP contribution is -2.02. The van der Waals surface area contributed by atoms with Gasteiger partial charge in [0.1, 0.15) is 4.88 Å². The van der Waals surface area contributed by atoms with E-state index in [2.05, 4.69) is 4.74 Å². The van der Waals surface area contributed by atoms with E-state index in [1.807, 2.05) is 0 Å². The summed E-state index contributed by atoms with van der Waals surface area (Å²) in [6.45, 7) is 1.65. The van der Waals surface area contributed by atoms with Gasteiger partial charge in [0.05, 0.1) is 7.11 Å². The summed E-state index contributed by atoms with van der Waals surface area (Å²) >= 11 is 1.07. The Balaban J connectivity index is 2.69. The number of benzene rings is 1. The first-order valence-electron chi connectivity index (χ1n) is 5.27. The predicted molar refractivity (Wildman–Crippen MR) is 65.7 cm³/mol. The number of hydrogen-bond donors (Lipinski definition) is 0. The second-order valence-corrected chi connectivity index (χ2v) is 4.72. The second-order valence-electron chi connectivity index (χ2n) is 3.84. The van der Waals surface area contributed by atoms with E-state index in [0.29, 0.717) is 5.56 Å². The minimum Gasteiger partial charge on any atom is -0.465 e. The van der Waals surface area contributed by atoms with Crippen LogP contribution in [-0.4, -0.2) is 13.1 Å². The van der Waals surface area contributed by atoms with Crippen molar-refractivity contribution >= 4 is 17.3 Å². The Labute approximate surface area is 111 Å². The van der Waals surface area contributed by atoms with Gasteiger partial charge in [-0.2, -0.15) is 0 Å². The van der Waals surface area contributed by atoms with Crippen molar-refractivity contribution in [1.29, 1.82) is 0 Å². The van der Waals surface area contributed by atoms with Gasteiger partial charge >= 0.3 is 5.97 Å². The molecule has 0 saturated carbocycles. The van der Waals surface area contributed by atoms with Gasteiger partial charge in [0.15, 0.2) is 17.5 Å². The maximum absolute atomic E-state index is 13.8. The lowest BCUT2D eigenvalue weighted by Gasteiger charge is -2.07. The van der Waals surface area contributed by atoms with E-state index >= 15 is 0 Å². The molecule has 0 amide bonds. The standard InChI is InChI=1S/C13H9F3O2S/c1-6-5-19-12(13(17)18-2)9(6)7-3-4-8(14)11(16)10(7)15/h3-5H,1-2H3. The molecule has 0 radical (unpaired) electrons. The summed E-state index contributed by atoms with van der Waals surface area (Å²) < 4.78 is 44.6. The van der Waals surface area contributed by atoms with Gasteiger partial charge in [-0.1, -0.05) is 0 Å². The molecule has 100 valence electrons. The van der Waals surface area contributed by atoms with Crippen LogP contribution >= 0.6 is 11.3 Å². The Kier molecular flexibility index (Phi) is 3.61. The van der Waals surface area contributed by atoms with Crippen molar-refractivity contribution in [2.75, 3.05) is 7.11 Å². The van der Waals surface area contributed by atoms with Crippen molar-refractivity contribution in [3.05, 3.63) is 45.4 Å². The quantitative estimate of drug-likeness (QED) is 0.617. The number of aryl methyl sites for hydroxylation is 1. The highest BCUT2D eigenvalue weighted by atomic mass is 32.1. The van der Waals surface area contributed by atoms with Crippen LogP contribution in [0.3, 0.4) is 0 Å². The van der Waals surface area contributed by atoms with Gasteiger partial charge in [-0.15, -0.1) is 11.3 Å². The number of esters is 1. The molecule has 0 aliphatic carbocycles. The summed E-state index contributed by atoms with van der Waals surface area (Å²) in [6, 6.07) is 1.93. The van der Waals surface area contributed by atoms with Crippen molar-refractivity contribution in [3.8, 4) is 11.1 Å². The Bertz CT molecular complexity index is 650. The van der Waals surface area contributed by atoms with E-state index < -0.39 is 23.4 Å². The molecule has 0 N–H and O–H groups in total. The van der Waals surface area contributed by atoms with Gasteiger partial charge in [-0.3, -0.25) is 0 Å². The lowest BCUT2D eigenvalue weighted by atomic mass is 10.0. The molecule has 1 heterocycles. The highest BCUT2D eigenvalue weighted by Crippen LogP contribution is 2.35. The molecule has 1 aromatic heterocycles. The number of thiophene rings is 1. The largest absolute Gasteiger partial charge is 0.465 e. The van der Waals surface area contributed by atoms with Crippen LogP contribution in [0.5, 0.6) is 0 Å². The zero-order valence-corrected chi connectivity index (χ0v) is 10.9. The van der Waals surface area contributed by atoms with Gasteiger partial charge in [-0.05, 0) is 30.0 Å². The summed E-state index contributed by atoms with van der Waals surface area (Å²) in [7, 11) is 1.20. The molecule has 0 aliphatic rings. The topological polar surface area (TPSA) is 26.3 Å². The summed E-state index contributed by atoms with van der Waals surface area (Å²) in [4.78, 5) is 11.7. The van der Waals surface area contributed by atoms with Crippen LogP contribution in [0.1, 0.15) is 15.2 Å². The molecule has 2 nitrogen and oxygen atoms in total. The third-order valence-electron chi connectivity index (χ3n) is 2.65. The Morgan fingerprint density at radius 2 is 1.89 bits per heavy atom. The van der Waals surface area contributed by atoms with Crippen LogP contribution in [0.25, 0.3) is 11.1 Å². The Morgan fingerprint density at radius 1 is 1.21 bits per heavy atom. The van der Waals surface area contributed by atoms with Crippen LogP contribution in [0.15, 0.2) is 17.5 Å². The lowest BCUT2D eigenvalue weighted by molar-refractivity contribution is 0.0607. The number of methoxy groups -OCH3 is 1. The van der Waals surface area contributed by atoms with Crippen LogP contribution in [0.2, 0.25) is 0 Å². The van der Waals surface area contributed by atoms with E-state index in [-0.39, 0.29) is 16.0 Å². The van der Waals surface area contributed by atoms with Crippen molar-refractivity contribution in [2.45, 2.75) is 6.92 Å². The fraction of sp³-hybridized carbons (Fsp3) is 0.154. The maximum atomic E-state index is 13.8. The minimum absolute atomic E-state index is 0.155. The fourth-order valence-corrected chi connectivity index (χ4v) is 2.72. The Morgan fingerprint density at radius 3 is 2.53 bits per heavy atom. The summed E-state index contributed by atoms with van der Waals surface area (Å²) in [6.07, 6.45) is 0. The van der Waals surface area contributed by atoms with Gasteiger partial charge in [0, 0.05) is 11.1 Å².